The summed E-state index contributed by atoms with van der Waals surface area (Å²) in [6.45, 7) is 3.32. The summed E-state index contributed by atoms with van der Waals surface area (Å²) in [5, 5.41) is 0. The summed E-state index contributed by atoms with van der Waals surface area (Å²) < 4.78 is 16.4. The number of thiocarbonyl (C=S) groups is 1. The molecule has 0 bridgehead atoms. The molecule has 3 rings (SSSR count). The second-order valence-electron chi connectivity index (χ2n) is 6.59. The number of benzene rings is 2. The summed E-state index contributed by atoms with van der Waals surface area (Å²) in [7, 11) is 1.51. The molecule has 0 aliphatic carbocycles. The fourth-order valence-corrected chi connectivity index (χ4v) is 4.04. The summed E-state index contributed by atoms with van der Waals surface area (Å²) in [4.78, 5) is 26.6. The van der Waals surface area contributed by atoms with Crippen LogP contribution >= 0.6 is 24.0 Å². The Balaban J connectivity index is 1.76. The SMILES string of the molecule is COc1cc(/C=C2\SC(=S)N(c3ccccc3)C2=O)ccc1OCC(=O)OC(C)C. The van der Waals surface area contributed by atoms with E-state index in [9.17, 15) is 9.59 Å². The van der Waals surface area contributed by atoms with Gasteiger partial charge in [-0.05, 0) is 49.8 Å². The van der Waals surface area contributed by atoms with Crippen molar-refractivity contribution in [3.8, 4) is 11.5 Å². The van der Waals surface area contributed by atoms with E-state index in [1.807, 2.05) is 30.3 Å². The molecule has 0 saturated carbocycles. The number of carbonyl (C=O) groups is 2. The van der Waals surface area contributed by atoms with E-state index in [1.165, 1.54) is 23.8 Å². The maximum Gasteiger partial charge on any atom is 0.344 e. The number of thioether (sulfide) groups is 1. The molecule has 0 aromatic heterocycles. The number of ether oxygens (including phenoxy) is 3. The lowest BCUT2D eigenvalue weighted by molar-refractivity contribution is -0.149. The first kappa shape index (κ1) is 21.9. The van der Waals surface area contributed by atoms with E-state index in [2.05, 4.69) is 0 Å². The maximum absolute atomic E-state index is 12.8. The van der Waals surface area contributed by atoms with Gasteiger partial charge in [-0.1, -0.05) is 48.2 Å². The lowest BCUT2D eigenvalue weighted by Gasteiger charge is -2.14. The smallest absolute Gasteiger partial charge is 0.344 e. The highest BCUT2D eigenvalue weighted by Crippen LogP contribution is 2.37. The van der Waals surface area contributed by atoms with Crippen LogP contribution < -0.4 is 14.4 Å². The average molecular weight is 444 g/mol. The highest BCUT2D eigenvalue weighted by molar-refractivity contribution is 8.27. The van der Waals surface area contributed by atoms with Crippen molar-refractivity contribution in [2.45, 2.75) is 20.0 Å². The molecule has 1 heterocycles. The summed E-state index contributed by atoms with van der Waals surface area (Å²) in [5.74, 6) is 0.222. The molecular formula is C22H21NO5S2. The van der Waals surface area contributed by atoms with E-state index in [4.69, 9.17) is 26.4 Å². The zero-order valence-electron chi connectivity index (χ0n) is 16.8. The van der Waals surface area contributed by atoms with E-state index >= 15 is 0 Å². The molecule has 0 N–H and O–H groups in total. The van der Waals surface area contributed by atoms with Gasteiger partial charge in [0.15, 0.2) is 22.4 Å². The summed E-state index contributed by atoms with van der Waals surface area (Å²) >= 11 is 6.63. The first-order valence-corrected chi connectivity index (χ1v) is 10.4. The Labute approximate surface area is 184 Å². The molecule has 0 unspecified atom stereocenters. The van der Waals surface area contributed by atoms with Gasteiger partial charge < -0.3 is 14.2 Å². The van der Waals surface area contributed by atoms with Crippen LogP contribution in [-0.4, -0.2) is 36.0 Å². The zero-order chi connectivity index (χ0) is 21.7. The van der Waals surface area contributed by atoms with Gasteiger partial charge in [-0.2, -0.15) is 0 Å². The Bertz CT molecular complexity index is 988. The van der Waals surface area contributed by atoms with E-state index < -0.39 is 5.97 Å². The van der Waals surface area contributed by atoms with Crippen LogP contribution in [-0.2, 0) is 14.3 Å². The Morgan fingerprint density at radius 2 is 1.90 bits per heavy atom. The Hall–Kier alpha value is -2.84. The lowest BCUT2D eigenvalue weighted by Crippen LogP contribution is -2.27. The molecule has 30 heavy (non-hydrogen) atoms. The van der Waals surface area contributed by atoms with Crippen LogP contribution in [0.4, 0.5) is 5.69 Å². The molecule has 2 aromatic rings. The Morgan fingerprint density at radius 1 is 1.17 bits per heavy atom. The van der Waals surface area contributed by atoms with Crippen LogP contribution in [0.15, 0.2) is 53.4 Å². The number of methoxy groups -OCH3 is 1. The minimum absolute atomic E-state index is 0.174. The number of hydrogen-bond donors (Lipinski definition) is 0. The average Bonchev–Trinajstić information content (AvgIpc) is 3.00. The van der Waals surface area contributed by atoms with Crippen molar-refractivity contribution in [3.05, 3.63) is 59.0 Å². The summed E-state index contributed by atoms with van der Waals surface area (Å²) in [5.41, 5.74) is 1.48. The van der Waals surface area contributed by atoms with E-state index in [0.29, 0.717) is 20.7 Å². The molecular weight excluding hydrogens is 422 g/mol. The number of carbonyl (C=O) groups excluding carboxylic acids is 2. The Morgan fingerprint density at radius 3 is 2.57 bits per heavy atom. The van der Waals surface area contributed by atoms with Crippen LogP contribution in [0.2, 0.25) is 0 Å². The van der Waals surface area contributed by atoms with Gasteiger partial charge in [0, 0.05) is 0 Å². The van der Waals surface area contributed by atoms with Gasteiger partial charge in [-0.25, -0.2) is 4.79 Å². The van der Waals surface area contributed by atoms with Gasteiger partial charge in [-0.3, -0.25) is 9.69 Å². The van der Waals surface area contributed by atoms with Gasteiger partial charge in [0.25, 0.3) is 5.91 Å². The van der Waals surface area contributed by atoms with Crippen molar-refractivity contribution in [3.63, 3.8) is 0 Å². The van der Waals surface area contributed by atoms with E-state index in [-0.39, 0.29) is 18.6 Å². The predicted molar refractivity (Wildman–Crippen MR) is 122 cm³/mol. The van der Waals surface area contributed by atoms with Gasteiger partial charge in [0.2, 0.25) is 0 Å². The molecule has 0 atom stereocenters. The van der Waals surface area contributed by atoms with Gasteiger partial charge >= 0.3 is 5.97 Å². The third-order valence-corrected chi connectivity index (χ3v) is 5.31. The highest BCUT2D eigenvalue weighted by atomic mass is 32.2. The summed E-state index contributed by atoms with van der Waals surface area (Å²) in [6.07, 6.45) is 1.54. The van der Waals surface area contributed by atoms with Crippen LogP contribution in [0.5, 0.6) is 11.5 Å². The summed E-state index contributed by atoms with van der Waals surface area (Å²) in [6, 6.07) is 14.5. The van der Waals surface area contributed by atoms with Gasteiger partial charge in [0.05, 0.1) is 23.8 Å². The normalized spacial score (nSPS) is 15.1. The molecule has 1 saturated heterocycles. The van der Waals surface area contributed by atoms with Crippen molar-refractivity contribution in [1.29, 1.82) is 0 Å². The second kappa shape index (κ2) is 9.77. The van der Waals surface area contributed by atoms with Crippen LogP contribution in [0.3, 0.4) is 0 Å². The molecule has 8 heteroatoms. The number of rotatable bonds is 7. The number of hydrogen-bond acceptors (Lipinski definition) is 7. The third kappa shape index (κ3) is 5.20. The zero-order valence-corrected chi connectivity index (χ0v) is 18.4. The van der Waals surface area contributed by atoms with Crippen molar-refractivity contribution in [2.24, 2.45) is 0 Å². The molecule has 1 fully saturated rings. The van der Waals surface area contributed by atoms with Gasteiger partial charge in [-0.15, -0.1) is 0 Å². The molecule has 0 radical (unpaired) electrons. The topological polar surface area (TPSA) is 65.1 Å². The number of esters is 1. The molecule has 2 aromatic carbocycles. The maximum atomic E-state index is 12.8. The first-order valence-electron chi connectivity index (χ1n) is 9.22. The van der Waals surface area contributed by atoms with E-state index in [0.717, 1.165) is 11.3 Å². The number of nitrogens with zero attached hydrogens (tertiary/aromatic N) is 1. The van der Waals surface area contributed by atoms with Crippen molar-refractivity contribution < 1.29 is 23.8 Å². The molecule has 1 amide bonds. The van der Waals surface area contributed by atoms with Crippen LogP contribution in [0.1, 0.15) is 19.4 Å². The molecule has 0 spiro atoms. The Kier molecular flexibility index (Phi) is 7.12. The fourth-order valence-electron chi connectivity index (χ4n) is 2.75. The quantitative estimate of drug-likeness (QED) is 0.356. The van der Waals surface area contributed by atoms with Crippen molar-refractivity contribution >= 4 is 51.9 Å². The first-order chi connectivity index (χ1) is 14.4. The molecule has 6 nitrogen and oxygen atoms in total. The monoisotopic (exact) mass is 443 g/mol. The third-order valence-electron chi connectivity index (χ3n) is 4.01. The standard InChI is InChI=1S/C22H21NO5S2/c1-14(2)28-20(24)13-27-17-10-9-15(11-18(17)26-3)12-19-21(25)23(22(29)30-19)16-7-5-4-6-8-16/h4-12,14H,13H2,1-3H3/b19-12-. The number of anilines is 1. The van der Waals surface area contributed by atoms with Gasteiger partial charge in [0.1, 0.15) is 0 Å². The number of amides is 1. The minimum atomic E-state index is -0.458. The second-order valence-corrected chi connectivity index (χ2v) is 8.27. The molecule has 1 aliphatic rings. The van der Waals surface area contributed by atoms with Crippen LogP contribution in [0.25, 0.3) is 6.08 Å². The van der Waals surface area contributed by atoms with E-state index in [1.54, 1.807) is 38.1 Å². The fraction of sp³-hybridized carbons (Fsp3) is 0.227. The van der Waals surface area contributed by atoms with Crippen molar-refractivity contribution in [1.82, 2.24) is 0 Å². The predicted octanol–water partition coefficient (Wildman–Crippen LogP) is 4.43. The minimum Gasteiger partial charge on any atom is -0.493 e. The van der Waals surface area contributed by atoms with Crippen LogP contribution in [0, 0.1) is 0 Å². The number of para-hydroxylation sites is 1. The molecule has 156 valence electrons. The molecule has 1 aliphatic heterocycles. The lowest BCUT2D eigenvalue weighted by atomic mass is 10.2. The highest BCUT2D eigenvalue weighted by Gasteiger charge is 2.33. The van der Waals surface area contributed by atoms with Crippen molar-refractivity contribution in [2.75, 3.05) is 18.6 Å². The largest absolute Gasteiger partial charge is 0.493 e.